The second-order valence-corrected chi connectivity index (χ2v) is 12.9. The zero-order chi connectivity index (χ0) is 32.5. The van der Waals surface area contributed by atoms with Crippen molar-refractivity contribution in [3.8, 4) is 0 Å². The Morgan fingerprint density at radius 2 is 1.53 bits per heavy atom. The van der Waals surface area contributed by atoms with E-state index in [1.807, 2.05) is 78.8 Å². The molecule has 0 saturated carbocycles. The second kappa shape index (κ2) is 14.8. The molecule has 0 aliphatic heterocycles. The third-order valence-electron chi connectivity index (χ3n) is 7.74. The molecule has 0 heterocycles. The summed E-state index contributed by atoms with van der Waals surface area (Å²) in [7, 11) is 3.46. The van der Waals surface area contributed by atoms with E-state index >= 15 is 0 Å². The van der Waals surface area contributed by atoms with Gasteiger partial charge in [-0.1, -0.05) is 84.9 Å². The van der Waals surface area contributed by atoms with Gasteiger partial charge in [-0.25, -0.2) is 0 Å². The van der Waals surface area contributed by atoms with Crippen LogP contribution in [-0.4, -0.2) is 54.8 Å². The van der Waals surface area contributed by atoms with Crippen LogP contribution in [0.25, 0.3) is 0 Å². The summed E-state index contributed by atoms with van der Waals surface area (Å²) in [6.07, 6.45) is 1.79. The fraction of sp³-hybridized carbons (Fsp3) is 0.485. The Bertz CT molecular complexity index is 1340. The third-order valence-corrected chi connectivity index (χ3v) is 7.74. The zero-order valence-electron chi connectivity index (χ0n) is 27.1. The SMILES string of the molecule is CN[C@H](C(=O)N[C@H](C(=O)N(C)[C@H](C=C(C)C(=O)Nc1ccc(N=[N+]=N)cc1)C(C)C)C(C)(C)C)C(C)(C)c1ccccc1. The molecule has 2 aromatic rings. The minimum absolute atomic E-state index is 0.00962. The molecule has 10 nitrogen and oxygen atoms in total. The molecule has 3 amide bonds. The Morgan fingerprint density at radius 3 is 2.02 bits per heavy atom. The Kier molecular flexibility index (Phi) is 12.1. The van der Waals surface area contributed by atoms with Gasteiger partial charge in [0.25, 0.3) is 5.91 Å². The first-order valence-electron chi connectivity index (χ1n) is 14.5. The summed E-state index contributed by atoms with van der Waals surface area (Å²) >= 11 is 0. The van der Waals surface area contributed by atoms with Gasteiger partial charge < -0.3 is 20.9 Å². The van der Waals surface area contributed by atoms with E-state index in [4.69, 9.17) is 5.53 Å². The number of nitrogens with zero attached hydrogens (tertiary/aromatic N) is 3. The van der Waals surface area contributed by atoms with Crippen molar-refractivity contribution in [2.45, 2.75) is 78.9 Å². The maximum Gasteiger partial charge on any atom is 0.251 e. The molecule has 2 aromatic carbocycles. The van der Waals surface area contributed by atoms with Crippen molar-refractivity contribution in [2.75, 3.05) is 19.4 Å². The molecule has 10 heteroatoms. The summed E-state index contributed by atoms with van der Waals surface area (Å²) < 4.78 is 0. The van der Waals surface area contributed by atoms with Gasteiger partial charge in [-0.3, -0.25) is 14.4 Å². The quantitative estimate of drug-likeness (QED) is 0.151. The summed E-state index contributed by atoms with van der Waals surface area (Å²) in [5.74, 6) is -0.817. The van der Waals surface area contributed by atoms with E-state index in [0.717, 1.165) is 5.56 Å². The lowest BCUT2D eigenvalue weighted by Gasteiger charge is -2.40. The summed E-state index contributed by atoms with van der Waals surface area (Å²) in [4.78, 5) is 45.4. The van der Waals surface area contributed by atoms with Gasteiger partial charge >= 0.3 is 0 Å². The van der Waals surface area contributed by atoms with Gasteiger partial charge in [0.1, 0.15) is 11.6 Å². The number of nitrogens with one attached hydrogen (secondary N) is 4. The van der Waals surface area contributed by atoms with E-state index in [1.54, 1.807) is 56.3 Å². The van der Waals surface area contributed by atoms with Gasteiger partial charge in [-0.2, -0.15) is 0 Å². The molecule has 0 aliphatic rings. The molecule has 0 radical (unpaired) electrons. The minimum Gasteiger partial charge on any atom is -0.342 e. The monoisotopic (exact) mass is 590 g/mol. The molecule has 0 fully saturated rings. The summed E-state index contributed by atoms with van der Waals surface area (Å²) in [5.41, 5.74) is 8.24. The van der Waals surface area contributed by atoms with Crippen molar-refractivity contribution in [1.82, 2.24) is 20.4 Å². The largest absolute Gasteiger partial charge is 0.342 e. The smallest absolute Gasteiger partial charge is 0.251 e. The number of anilines is 1. The Morgan fingerprint density at radius 1 is 0.953 bits per heavy atom. The van der Waals surface area contributed by atoms with Crippen LogP contribution in [-0.2, 0) is 19.8 Å². The predicted molar refractivity (Wildman–Crippen MR) is 171 cm³/mol. The fourth-order valence-electron chi connectivity index (χ4n) is 5.06. The molecule has 4 N–H and O–H groups in total. The van der Waals surface area contributed by atoms with Crippen molar-refractivity contribution < 1.29 is 14.4 Å². The number of hydrogen-bond acceptors (Lipinski definition) is 6. The van der Waals surface area contributed by atoms with Crippen molar-refractivity contribution in [2.24, 2.45) is 16.4 Å². The van der Waals surface area contributed by atoms with Crippen molar-refractivity contribution in [3.63, 3.8) is 0 Å². The first kappa shape index (κ1) is 35.1. The van der Waals surface area contributed by atoms with Gasteiger partial charge in [0, 0.05) is 23.7 Å². The Hall–Kier alpha value is -4.14. The fourth-order valence-corrected chi connectivity index (χ4v) is 5.06. The van der Waals surface area contributed by atoms with Gasteiger partial charge in [-0.15, -0.1) is 0 Å². The number of benzene rings is 2. The third kappa shape index (κ3) is 9.17. The number of rotatable bonds is 12. The zero-order valence-corrected chi connectivity index (χ0v) is 27.1. The average molecular weight is 591 g/mol. The molecule has 0 aromatic heterocycles. The van der Waals surface area contributed by atoms with Gasteiger partial charge in [0.2, 0.25) is 16.7 Å². The lowest BCUT2D eigenvalue weighted by atomic mass is 9.76. The van der Waals surface area contributed by atoms with Crippen LogP contribution in [0.5, 0.6) is 0 Å². The van der Waals surface area contributed by atoms with Crippen LogP contribution in [0.4, 0.5) is 11.4 Å². The minimum atomic E-state index is -0.810. The van der Waals surface area contributed by atoms with E-state index in [2.05, 4.69) is 26.0 Å². The Labute approximate surface area is 255 Å². The molecule has 232 valence electrons. The summed E-state index contributed by atoms with van der Waals surface area (Å²) in [6.45, 7) is 15.5. The molecule has 0 spiro atoms. The lowest BCUT2D eigenvalue weighted by Crippen LogP contribution is -2.61. The molecular formula is C33H48N7O3+. The van der Waals surface area contributed by atoms with Gasteiger partial charge in [-0.05, 0) is 55.1 Å². The molecule has 0 aliphatic carbocycles. The standard InChI is InChI=1S/C33H47N7O3/c1-21(2)26(20-22(3)29(41)36-24-16-18-25(19-17-24)38-39-34)40(10)31(43)28(32(4,5)6)37-30(42)27(35-9)33(7,8)23-14-12-11-13-15-23/h11-21,26-28,34-35H,1-10H3,(H,37,42)/p+1/t26-,27-,28-/m1/s1. The first-order chi connectivity index (χ1) is 20.0. The number of hydrogen-bond donors (Lipinski definition) is 4. The second-order valence-electron chi connectivity index (χ2n) is 12.9. The molecule has 3 atom stereocenters. The molecule has 0 unspecified atom stereocenters. The van der Waals surface area contributed by atoms with Crippen LogP contribution >= 0.6 is 0 Å². The average Bonchev–Trinajstić information content (AvgIpc) is 2.94. The van der Waals surface area contributed by atoms with Crippen LogP contribution in [0, 0.1) is 16.9 Å². The number of carbonyl (C=O) groups is 3. The summed E-state index contributed by atoms with van der Waals surface area (Å²) in [6, 6.07) is 14.7. The van der Waals surface area contributed by atoms with Crippen molar-refractivity contribution in [3.05, 3.63) is 71.8 Å². The highest BCUT2D eigenvalue weighted by Gasteiger charge is 2.41. The van der Waals surface area contributed by atoms with E-state index in [9.17, 15) is 14.4 Å². The van der Waals surface area contributed by atoms with Crippen LogP contribution < -0.4 is 20.9 Å². The highest BCUT2D eigenvalue weighted by atomic mass is 16.2. The van der Waals surface area contributed by atoms with Crippen LogP contribution in [0.3, 0.4) is 0 Å². The van der Waals surface area contributed by atoms with E-state index in [1.165, 1.54) is 0 Å². The Balaban J connectivity index is 2.29. The number of likely N-dealkylation sites (N-methyl/N-ethyl adjacent to an activating group) is 2. The number of amides is 3. The van der Waals surface area contributed by atoms with Crippen molar-refractivity contribution >= 4 is 29.1 Å². The normalized spacial score (nSPS) is 14.3. The topological polar surface area (TPSA) is 141 Å². The molecule has 2 rings (SSSR count). The van der Waals surface area contributed by atoms with Crippen LogP contribution in [0.2, 0.25) is 0 Å². The number of carbonyl (C=O) groups excluding carboxylic acids is 3. The molecular weight excluding hydrogens is 542 g/mol. The van der Waals surface area contributed by atoms with Gasteiger partial charge in [0.05, 0.1) is 12.1 Å². The molecule has 43 heavy (non-hydrogen) atoms. The lowest BCUT2D eigenvalue weighted by molar-refractivity contribution is -0.140. The maximum atomic E-state index is 14.1. The molecule has 0 bridgehead atoms. The van der Waals surface area contributed by atoms with E-state index in [0.29, 0.717) is 16.9 Å². The van der Waals surface area contributed by atoms with Gasteiger partial charge in [0.15, 0.2) is 10.8 Å². The summed E-state index contributed by atoms with van der Waals surface area (Å²) in [5, 5.41) is 12.7. The molecule has 0 saturated heterocycles. The first-order valence-corrected chi connectivity index (χ1v) is 14.5. The van der Waals surface area contributed by atoms with E-state index in [-0.39, 0.29) is 23.6 Å². The van der Waals surface area contributed by atoms with Crippen molar-refractivity contribution in [1.29, 1.82) is 5.53 Å². The van der Waals surface area contributed by atoms with E-state index < -0.39 is 29.0 Å². The highest BCUT2D eigenvalue weighted by Crippen LogP contribution is 2.29. The van der Waals surface area contributed by atoms with Crippen LogP contribution in [0.1, 0.15) is 61.0 Å². The highest BCUT2D eigenvalue weighted by molar-refractivity contribution is 6.03. The maximum absolute atomic E-state index is 14.1. The predicted octanol–water partition coefficient (Wildman–Crippen LogP) is 5.33. The van der Waals surface area contributed by atoms with Crippen LogP contribution in [0.15, 0.2) is 71.4 Å².